The Bertz CT molecular complexity index is 953. The smallest absolute Gasteiger partial charge is 0.354 e. The molecule has 2 unspecified atom stereocenters. The minimum Gasteiger partial charge on any atom is -0.477 e. The fourth-order valence-electron chi connectivity index (χ4n) is 4.96. The molecule has 2 atom stereocenters. The molecule has 2 aliphatic heterocycles. The van der Waals surface area contributed by atoms with E-state index < -0.39 is 11.9 Å². The van der Waals surface area contributed by atoms with Crippen molar-refractivity contribution in [1.29, 1.82) is 0 Å². The number of nitrogens with zero attached hydrogens (tertiary/aromatic N) is 5. The Labute approximate surface area is 211 Å². The zero-order valence-corrected chi connectivity index (χ0v) is 20.7. The number of fused-ring (bicyclic) bond motifs is 3. The highest BCUT2D eigenvalue weighted by Gasteiger charge is 2.20. The average molecular weight is 497 g/mol. The van der Waals surface area contributed by atoms with Crippen molar-refractivity contribution in [3.05, 3.63) is 59.2 Å². The number of hydrogen-bond acceptors (Lipinski definition) is 8. The van der Waals surface area contributed by atoms with E-state index in [2.05, 4.69) is 30.0 Å². The highest BCUT2D eigenvalue weighted by molar-refractivity contribution is 5.85. The van der Waals surface area contributed by atoms with Crippen LogP contribution in [0.1, 0.15) is 58.0 Å². The van der Waals surface area contributed by atoms with E-state index in [0.29, 0.717) is 19.1 Å². The number of pyridine rings is 2. The maximum Gasteiger partial charge on any atom is 0.354 e. The average Bonchev–Trinajstić information content (AvgIpc) is 2.87. The molecular weight excluding hydrogens is 460 g/mol. The number of aromatic nitrogens is 2. The van der Waals surface area contributed by atoms with Gasteiger partial charge in [0.25, 0.3) is 0 Å². The Morgan fingerprint density at radius 2 is 1.42 bits per heavy atom. The number of hydrogen-bond donors (Lipinski definition) is 3. The molecule has 3 N–H and O–H groups in total. The molecule has 36 heavy (non-hydrogen) atoms. The lowest BCUT2D eigenvalue weighted by Crippen LogP contribution is -2.46. The van der Waals surface area contributed by atoms with E-state index in [1.807, 2.05) is 12.1 Å². The van der Waals surface area contributed by atoms with Gasteiger partial charge in [-0.15, -0.1) is 0 Å². The Balaban J connectivity index is 1.37. The van der Waals surface area contributed by atoms with E-state index in [4.69, 9.17) is 0 Å². The Hall–Kier alpha value is -2.92. The summed E-state index contributed by atoms with van der Waals surface area (Å²) in [6.07, 6.45) is 4.24. The molecule has 0 amide bonds. The van der Waals surface area contributed by atoms with Gasteiger partial charge in [0.05, 0.1) is 11.4 Å². The maximum atomic E-state index is 11.3. The molecule has 4 heterocycles. The van der Waals surface area contributed by atoms with Crippen molar-refractivity contribution in [3.63, 3.8) is 0 Å². The Morgan fingerprint density at radius 1 is 0.778 bits per heavy atom. The minimum atomic E-state index is -1.000. The van der Waals surface area contributed by atoms with Crippen LogP contribution in [0, 0.1) is 0 Å². The lowest BCUT2D eigenvalue weighted by Gasteiger charge is -2.34. The van der Waals surface area contributed by atoms with E-state index in [9.17, 15) is 19.8 Å². The molecule has 2 aromatic heterocycles. The molecule has 2 saturated heterocycles. The van der Waals surface area contributed by atoms with Crippen LogP contribution < -0.4 is 5.32 Å². The highest BCUT2D eigenvalue weighted by atomic mass is 16.4. The van der Waals surface area contributed by atoms with E-state index in [-0.39, 0.29) is 11.4 Å². The van der Waals surface area contributed by atoms with Gasteiger partial charge in [-0.05, 0) is 69.6 Å². The van der Waals surface area contributed by atoms with Gasteiger partial charge in [-0.1, -0.05) is 12.1 Å². The lowest BCUT2D eigenvalue weighted by molar-refractivity contribution is 0.0679. The molecule has 0 spiro atoms. The molecule has 10 nitrogen and oxygen atoms in total. The number of carboxylic acid groups (broad SMARTS) is 2. The zero-order chi connectivity index (χ0) is 25.3. The van der Waals surface area contributed by atoms with Crippen LogP contribution in [0.25, 0.3) is 0 Å². The summed E-state index contributed by atoms with van der Waals surface area (Å²) in [5.74, 6) is -1.99. The largest absolute Gasteiger partial charge is 0.477 e. The molecule has 2 bridgehead atoms. The predicted molar refractivity (Wildman–Crippen MR) is 135 cm³/mol. The van der Waals surface area contributed by atoms with Crippen LogP contribution in [0.2, 0.25) is 0 Å². The first kappa shape index (κ1) is 26.2. The normalized spacial score (nSPS) is 22.7. The summed E-state index contributed by atoms with van der Waals surface area (Å²) in [4.78, 5) is 38.5. The topological polar surface area (TPSA) is 122 Å². The second-order valence-corrected chi connectivity index (χ2v) is 9.65. The molecule has 0 saturated carbocycles. The second-order valence-electron chi connectivity index (χ2n) is 9.65. The van der Waals surface area contributed by atoms with Gasteiger partial charge < -0.3 is 20.4 Å². The van der Waals surface area contributed by atoms with Crippen molar-refractivity contribution in [3.8, 4) is 0 Å². The summed E-state index contributed by atoms with van der Waals surface area (Å²) in [5, 5.41) is 22.3. The second kappa shape index (κ2) is 12.9. The van der Waals surface area contributed by atoms with Gasteiger partial charge in [-0.3, -0.25) is 9.80 Å². The predicted octanol–water partition coefficient (Wildman–Crippen LogP) is 1.98. The number of aromatic carboxylic acids is 2. The summed E-state index contributed by atoms with van der Waals surface area (Å²) < 4.78 is 0. The third-order valence-corrected chi connectivity index (χ3v) is 6.93. The fraction of sp³-hybridized carbons (Fsp3) is 0.538. The van der Waals surface area contributed by atoms with Crippen molar-refractivity contribution < 1.29 is 19.8 Å². The molecule has 2 fully saturated rings. The summed E-state index contributed by atoms with van der Waals surface area (Å²) in [5.41, 5.74) is 1.75. The van der Waals surface area contributed by atoms with Gasteiger partial charge >= 0.3 is 11.9 Å². The molecule has 2 aliphatic rings. The van der Waals surface area contributed by atoms with Crippen LogP contribution in [-0.2, 0) is 13.1 Å². The van der Waals surface area contributed by atoms with E-state index in [1.54, 1.807) is 12.1 Å². The van der Waals surface area contributed by atoms with Gasteiger partial charge in [0, 0.05) is 45.4 Å². The van der Waals surface area contributed by atoms with Crippen LogP contribution in [0.4, 0.5) is 0 Å². The standard InChI is InChI=1S/C26H36N6O4/c33-25(34)23-8-1-5-21(28-23)17-31-11-3-7-20-10-14-30(15-16-31)12-4-13-32(19-27-20)18-22-6-2-9-24(29-22)26(35)36/h1-2,5-6,8-9,20,27H,3-4,7,10-19H2,(H,33,34)(H,35,36). The van der Waals surface area contributed by atoms with E-state index in [0.717, 1.165) is 83.0 Å². The number of carbonyl (C=O) groups is 2. The molecule has 10 heteroatoms. The molecule has 0 aromatic carbocycles. The molecule has 0 radical (unpaired) electrons. The summed E-state index contributed by atoms with van der Waals surface area (Å²) in [7, 11) is 0. The summed E-state index contributed by atoms with van der Waals surface area (Å²) >= 11 is 0. The van der Waals surface area contributed by atoms with Crippen molar-refractivity contribution >= 4 is 11.9 Å². The van der Waals surface area contributed by atoms with Gasteiger partial charge in [-0.25, -0.2) is 19.6 Å². The van der Waals surface area contributed by atoms with E-state index in [1.165, 1.54) is 12.1 Å². The Morgan fingerprint density at radius 3 is 2.08 bits per heavy atom. The van der Waals surface area contributed by atoms with Crippen LogP contribution in [0.5, 0.6) is 0 Å². The van der Waals surface area contributed by atoms with Crippen LogP contribution >= 0.6 is 0 Å². The maximum absolute atomic E-state index is 11.3. The van der Waals surface area contributed by atoms with Gasteiger partial charge in [0.2, 0.25) is 0 Å². The number of nitrogens with one attached hydrogen (secondary N) is 1. The quantitative estimate of drug-likeness (QED) is 0.547. The van der Waals surface area contributed by atoms with Crippen molar-refractivity contribution in [2.45, 2.75) is 44.8 Å². The van der Waals surface area contributed by atoms with Gasteiger partial charge in [-0.2, -0.15) is 0 Å². The van der Waals surface area contributed by atoms with E-state index >= 15 is 0 Å². The number of rotatable bonds is 6. The van der Waals surface area contributed by atoms with Crippen molar-refractivity contribution in [1.82, 2.24) is 30.0 Å². The van der Waals surface area contributed by atoms with Gasteiger partial charge in [0.1, 0.15) is 11.4 Å². The van der Waals surface area contributed by atoms with Crippen molar-refractivity contribution in [2.24, 2.45) is 0 Å². The third-order valence-electron chi connectivity index (χ3n) is 6.93. The molecule has 0 aliphatic carbocycles. The first-order chi connectivity index (χ1) is 17.5. The third kappa shape index (κ3) is 7.79. The zero-order valence-electron chi connectivity index (χ0n) is 20.7. The van der Waals surface area contributed by atoms with Gasteiger partial charge in [0.15, 0.2) is 0 Å². The van der Waals surface area contributed by atoms with Crippen molar-refractivity contribution in [2.75, 3.05) is 45.9 Å². The molecule has 2 aromatic rings. The highest BCUT2D eigenvalue weighted by Crippen LogP contribution is 2.14. The summed E-state index contributed by atoms with van der Waals surface area (Å²) in [6, 6.07) is 10.8. The number of carboxylic acids is 2. The van der Waals surface area contributed by atoms with Crippen LogP contribution in [-0.4, -0.2) is 98.8 Å². The Kier molecular flexibility index (Phi) is 9.35. The first-order valence-electron chi connectivity index (χ1n) is 12.7. The fourth-order valence-corrected chi connectivity index (χ4v) is 4.96. The SMILES string of the molecule is O=C(O)c1cccc(CN2CCCC3CCN(CCCN(Cc4cccc(C(=O)O)n4)CN3)CC2)n1. The molecule has 194 valence electrons. The minimum absolute atomic E-state index is 0.0853. The monoisotopic (exact) mass is 496 g/mol. The van der Waals surface area contributed by atoms with Crippen LogP contribution in [0.15, 0.2) is 36.4 Å². The summed E-state index contributed by atoms with van der Waals surface area (Å²) in [6.45, 7) is 7.83. The molecule has 4 rings (SSSR count). The lowest BCUT2D eigenvalue weighted by atomic mass is 10.1. The van der Waals surface area contributed by atoms with Crippen LogP contribution in [0.3, 0.4) is 0 Å². The first-order valence-corrected chi connectivity index (χ1v) is 12.7. The molecular formula is C26H36N6O4.